The fraction of sp³-hybridized carbons (Fsp3) is 0.235. The molecule has 3 aromatic rings. The highest BCUT2D eigenvalue weighted by Crippen LogP contribution is 2.22. The summed E-state index contributed by atoms with van der Waals surface area (Å²) in [4.78, 5) is 11.9. The molecule has 2 heterocycles. The van der Waals surface area contributed by atoms with E-state index in [0.717, 1.165) is 0 Å². The van der Waals surface area contributed by atoms with Gasteiger partial charge in [-0.2, -0.15) is 0 Å². The Bertz CT molecular complexity index is 848. The molecular weight excluding hydrogens is 343 g/mol. The van der Waals surface area contributed by atoms with Gasteiger partial charge in [0.25, 0.3) is 0 Å². The third-order valence-electron chi connectivity index (χ3n) is 3.58. The minimum Gasteiger partial charge on any atom is -0.461 e. The Kier molecular flexibility index (Phi) is 5.49. The fourth-order valence-corrected chi connectivity index (χ4v) is 3.02. The van der Waals surface area contributed by atoms with Crippen LogP contribution in [0.1, 0.15) is 5.56 Å². The number of carbonyl (C=O) groups is 1. The van der Waals surface area contributed by atoms with Crippen LogP contribution in [0.5, 0.6) is 0 Å². The number of hydrogen-bond acceptors (Lipinski definition) is 5. The molecule has 2 aromatic heterocycles. The Morgan fingerprint density at radius 3 is 2.88 bits per heavy atom. The van der Waals surface area contributed by atoms with Gasteiger partial charge in [0.05, 0.1) is 12.0 Å². The largest absolute Gasteiger partial charge is 0.461 e. The Morgan fingerprint density at radius 1 is 1.28 bits per heavy atom. The van der Waals surface area contributed by atoms with Crippen LogP contribution in [-0.4, -0.2) is 33.0 Å². The third kappa shape index (κ3) is 4.27. The van der Waals surface area contributed by atoms with Gasteiger partial charge in [-0.05, 0) is 30.2 Å². The van der Waals surface area contributed by atoms with E-state index in [-0.39, 0.29) is 17.5 Å². The van der Waals surface area contributed by atoms with Gasteiger partial charge in [0, 0.05) is 13.6 Å². The van der Waals surface area contributed by atoms with Gasteiger partial charge in [-0.1, -0.05) is 30.0 Å². The standard InChI is InChI=1S/C17H17FN4O2S/c1-22-16(14-7-4-10-24-14)20-21-17(22)25-11-15(23)19-9-8-12-5-2-3-6-13(12)18/h2-7,10H,8-9,11H2,1H3,(H,19,23). The molecule has 0 saturated heterocycles. The second-order valence-corrected chi connectivity index (χ2v) is 6.27. The van der Waals surface area contributed by atoms with E-state index in [2.05, 4.69) is 15.5 Å². The molecule has 25 heavy (non-hydrogen) atoms. The van der Waals surface area contributed by atoms with Gasteiger partial charge < -0.3 is 14.3 Å². The minimum absolute atomic E-state index is 0.135. The van der Waals surface area contributed by atoms with Gasteiger partial charge in [-0.3, -0.25) is 4.79 Å². The number of carbonyl (C=O) groups excluding carboxylic acids is 1. The molecule has 0 aliphatic carbocycles. The lowest BCUT2D eigenvalue weighted by atomic mass is 10.1. The fourth-order valence-electron chi connectivity index (χ4n) is 2.28. The van der Waals surface area contributed by atoms with Gasteiger partial charge in [0.2, 0.25) is 5.91 Å². The molecule has 1 aromatic carbocycles. The summed E-state index contributed by atoms with van der Waals surface area (Å²) in [5.41, 5.74) is 0.590. The van der Waals surface area contributed by atoms with E-state index in [1.807, 2.05) is 7.05 Å². The summed E-state index contributed by atoms with van der Waals surface area (Å²) in [5, 5.41) is 11.5. The number of halogens is 1. The van der Waals surface area contributed by atoms with Crippen LogP contribution in [0, 0.1) is 5.82 Å². The highest BCUT2D eigenvalue weighted by atomic mass is 32.2. The van der Waals surface area contributed by atoms with Crippen LogP contribution < -0.4 is 5.32 Å². The molecule has 6 nitrogen and oxygen atoms in total. The number of rotatable bonds is 7. The van der Waals surface area contributed by atoms with Crippen molar-refractivity contribution >= 4 is 17.7 Å². The number of benzene rings is 1. The van der Waals surface area contributed by atoms with Crippen LogP contribution in [0.2, 0.25) is 0 Å². The van der Waals surface area contributed by atoms with Crippen LogP contribution in [-0.2, 0) is 18.3 Å². The van der Waals surface area contributed by atoms with E-state index in [0.29, 0.717) is 35.3 Å². The normalized spacial score (nSPS) is 10.8. The molecule has 0 saturated carbocycles. The summed E-state index contributed by atoms with van der Waals surface area (Å²) in [5.74, 6) is 1.05. The molecule has 0 fully saturated rings. The predicted octanol–water partition coefficient (Wildman–Crippen LogP) is 2.67. The van der Waals surface area contributed by atoms with E-state index >= 15 is 0 Å². The number of hydrogen-bond donors (Lipinski definition) is 1. The Hall–Kier alpha value is -2.61. The van der Waals surface area contributed by atoms with Crippen molar-refractivity contribution in [2.75, 3.05) is 12.3 Å². The first-order valence-electron chi connectivity index (χ1n) is 7.71. The lowest BCUT2D eigenvalue weighted by Crippen LogP contribution is -2.27. The van der Waals surface area contributed by atoms with E-state index in [4.69, 9.17) is 4.42 Å². The lowest BCUT2D eigenvalue weighted by Gasteiger charge is -2.06. The van der Waals surface area contributed by atoms with E-state index in [9.17, 15) is 9.18 Å². The molecule has 3 rings (SSSR count). The lowest BCUT2D eigenvalue weighted by molar-refractivity contribution is -0.118. The molecule has 0 spiro atoms. The van der Waals surface area contributed by atoms with Crippen LogP contribution in [0.25, 0.3) is 11.6 Å². The van der Waals surface area contributed by atoms with Crippen LogP contribution in [0.3, 0.4) is 0 Å². The van der Waals surface area contributed by atoms with E-state index < -0.39 is 0 Å². The van der Waals surface area contributed by atoms with E-state index in [1.165, 1.54) is 17.8 Å². The molecule has 0 aliphatic rings. The number of aromatic nitrogens is 3. The maximum absolute atomic E-state index is 13.5. The molecule has 0 atom stereocenters. The Labute approximate surface area is 148 Å². The van der Waals surface area contributed by atoms with Crippen LogP contribution in [0.4, 0.5) is 4.39 Å². The number of nitrogens with one attached hydrogen (secondary N) is 1. The summed E-state index contributed by atoms with van der Waals surface area (Å²) in [6.45, 7) is 0.386. The number of nitrogens with zero attached hydrogens (tertiary/aromatic N) is 3. The first kappa shape index (κ1) is 17.2. The highest BCUT2D eigenvalue weighted by Gasteiger charge is 2.14. The van der Waals surface area contributed by atoms with Crippen molar-refractivity contribution in [3.8, 4) is 11.6 Å². The Balaban J connectivity index is 1.47. The van der Waals surface area contributed by atoms with Crippen LogP contribution in [0.15, 0.2) is 52.2 Å². The van der Waals surface area contributed by atoms with Crippen molar-refractivity contribution < 1.29 is 13.6 Å². The third-order valence-corrected chi connectivity index (χ3v) is 4.60. The van der Waals surface area contributed by atoms with Gasteiger partial charge in [0.1, 0.15) is 5.82 Å². The van der Waals surface area contributed by atoms with Gasteiger partial charge in [-0.25, -0.2) is 4.39 Å². The number of thioether (sulfide) groups is 1. The van der Waals surface area contributed by atoms with Crippen molar-refractivity contribution in [1.82, 2.24) is 20.1 Å². The monoisotopic (exact) mass is 360 g/mol. The molecule has 130 valence electrons. The maximum Gasteiger partial charge on any atom is 0.230 e. The first-order chi connectivity index (χ1) is 12.1. The van der Waals surface area contributed by atoms with Crippen molar-refractivity contribution in [2.24, 2.45) is 7.05 Å². The zero-order chi connectivity index (χ0) is 17.6. The first-order valence-corrected chi connectivity index (χ1v) is 8.70. The zero-order valence-corrected chi connectivity index (χ0v) is 14.4. The maximum atomic E-state index is 13.5. The quantitative estimate of drug-likeness (QED) is 0.656. The molecule has 0 aliphatic heterocycles. The van der Waals surface area contributed by atoms with Gasteiger partial charge >= 0.3 is 0 Å². The molecule has 1 N–H and O–H groups in total. The average Bonchev–Trinajstić information content (AvgIpc) is 3.24. The van der Waals surface area contributed by atoms with Crippen molar-refractivity contribution in [3.05, 3.63) is 54.0 Å². The highest BCUT2D eigenvalue weighted by molar-refractivity contribution is 7.99. The molecular formula is C17H17FN4O2S. The molecule has 1 amide bonds. The van der Waals surface area contributed by atoms with Crippen molar-refractivity contribution in [3.63, 3.8) is 0 Å². The summed E-state index contributed by atoms with van der Waals surface area (Å²) in [6.07, 6.45) is 2.02. The van der Waals surface area contributed by atoms with Crippen molar-refractivity contribution in [1.29, 1.82) is 0 Å². The van der Waals surface area contributed by atoms with Gasteiger partial charge in [-0.15, -0.1) is 10.2 Å². The topological polar surface area (TPSA) is 73.0 Å². The molecule has 8 heteroatoms. The summed E-state index contributed by atoms with van der Waals surface area (Å²) in [7, 11) is 1.82. The summed E-state index contributed by atoms with van der Waals surface area (Å²) < 4.78 is 20.6. The van der Waals surface area contributed by atoms with E-state index in [1.54, 1.807) is 41.2 Å². The average molecular weight is 360 g/mol. The SMILES string of the molecule is Cn1c(SCC(=O)NCCc2ccccc2F)nnc1-c1ccco1. The van der Waals surface area contributed by atoms with Crippen molar-refractivity contribution in [2.45, 2.75) is 11.6 Å². The second-order valence-electron chi connectivity index (χ2n) is 5.32. The summed E-state index contributed by atoms with van der Waals surface area (Å²) >= 11 is 1.28. The second kappa shape index (κ2) is 7.98. The molecule has 0 unspecified atom stereocenters. The van der Waals surface area contributed by atoms with Crippen LogP contribution >= 0.6 is 11.8 Å². The predicted molar refractivity (Wildman–Crippen MR) is 92.5 cm³/mol. The number of amides is 1. The summed E-state index contributed by atoms with van der Waals surface area (Å²) in [6, 6.07) is 10.1. The minimum atomic E-state index is -0.254. The number of furan rings is 1. The van der Waals surface area contributed by atoms with Gasteiger partial charge in [0.15, 0.2) is 16.7 Å². The molecule has 0 radical (unpaired) electrons. The Morgan fingerprint density at radius 2 is 2.12 bits per heavy atom. The zero-order valence-electron chi connectivity index (χ0n) is 13.6. The smallest absolute Gasteiger partial charge is 0.230 e. The molecule has 0 bridgehead atoms.